The van der Waals surface area contributed by atoms with Gasteiger partial charge in [-0.1, -0.05) is 5.16 Å². The molecule has 0 aliphatic heterocycles. The molecule has 2 radical (unpaired) electrons. The normalized spacial score (nSPS) is 12.8. The molecule has 1 aromatic rings. The Labute approximate surface area is 83.2 Å². The molecule has 0 aliphatic carbocycles. The fourth-order valence-electron chi connectivity index (χ4n) is 1.04. The van der Waals surface area contributed by atoms with Crippen LogP contribution >= 0.6 is 0 Å². The maximum atomic E-state index is 10.2. The summed E-state index contributed by atoms with van der Waals surface area (Å²) < 4.78 is 10.2. The summed E-state index contributed by atoms with van der Waals surface area (Å²) in [5.74, 6) is 0.178. The molecule has 0 spiro atoms. The van der Waals surface area contributed by atoms with E-state index in [-0.39, 0.29) is 6.61 Å². The van der Waals surface area contributed by atoms with Crippen molar-refractivity contribution in [1.29, 1.82) is 0 Å². The molecule has 0 amide bonds. The number of aldehydes is 1. The zero-order valence-corrected chi connectivity index (χ0v) is 8.32. The molecule has 1 aromatic heterocycles. The fraction of sp³-hybridized carbons (Fsp3) is 0.500. The van der Waals surface area contributed by atoms with Gasteiger partial charge in [0.25, 0.3) is 0 Å². The van der Waals surface area contributed by atoms with Crippen molar-refractivity contribution >= 4 is 6.29 Å². The summed E-state index contributed by atoms with van der Waals surface area (Å²) >= 11 is 0. The lowest BCUT2D eigenvalue weighted by Crippen LogP contribution is -2.07. The molecule has 0 aliphatic rings. The Morgan fingerprint density at radius 1 is 1.64 bits per heavy atom. The van der Waals surface area contributed by atoms with E-state index in [2.05, 4.69) is 5.16 Å². The first-order valence-corrected chi connectivity index (χ1v) is 4.35. The van der Waals surface area contributed by atoms with Crippen LogP contribution in [0.1, 0.15) is 17.0 Å². The highest BCUT2D eigenvalue weighted by molar-refractivity contribution is 5.54. The third kappa shape index (κ3) is 2.67. The van der Waals surface area contributed by atoms with E-state index in [4.69, 9.17) is 16.2 Å². The predicted molar refractivity (Wildman–Crippen MR) is 49.5 cm³/mol. The molecule has 0 fully saturated rings. The molecule has 1 rings (SSSR count). The van der Waals surface area contributed by atoms with Crippen LogP contribution in [0, 0.1) is 26.7 Å². The van der Waals surface area contributed by atoms with Crippen molar-refractivity contribution in [1.82, 2.24) is 5.16 Å². The number of hydrogen-bond donors (Lipinski definition) is 0. The van der Waals surface area contributed by atoms with E-state index in [0.717, 1.165) is 17.0 Å². The van der Waals surface area contributed by atoms with Crippen LogP contribution in [0.5, 0.6) is 0 Å². The quantitative estimate of drug-likeness (QED) is 0.665. The number of aromatic nitrogens is 1. The minimum Gasteiger partial charge on any atom is -0.376 e. The number of carbonyl (C=O) groups is 1. The van der Waals surface area contributed by atoms with Gasteiger partial charge in [-0.25, -0.2) is 0 Å². The molecule has 14 heavy (non-hydrogen) atoms. The summed E-state index contributed by atoms with van der Waals surface area (Å²) in [6.45, 7) is 9.61. The molecule has 0 saturated carbocycles. The van der Waals surface area contributed by atoms with E-state index in [1.54, 1.807) is 0 Å². The number of nitrogens with zero attached hydrogens (tertiary/aromatic N) is 1. The van der Waals surface area contributed by atoms with E-state index in [1.165, 1.54) is 0 Å². The highest BCUT2D eigenvalue weighted by Crippen LogP contribution is 2.13. The van der Waals surface area contributed by atoms with E-state index >= 15 is 0 Å². The highest BCUT2D eigenvalue weighted by Gasteiger charge is 2.09. The first kappa shape index (κ1) is 10.9. The van der Waals surface area contributed by atoms with Crippen LogP contribution in [0.25, 0.3) is 0 Å². The third-order valence-corrected chi connectivity index (χ3v) is 1.91. The van der Waals surface area contributed by atoms with Gasteiger partial charge in [0, 0.05) is 11.5 Å². The Balaban J connectivity index is 2.42. The van der Waals surface area contributed by atoms with Crippen molar-refractivity contribution in [3.63, 3.8) is 0 Å². The lowest BCUT2D eigenvalue weighted by Gasteiger charge is -2.04. The van der Waals surface area contributed by atoms with Gasteiger partial charge in [-0.15, -0.1) is 0 Å². The summed E-state index contributed by atoms with van der Waals surface area (Å²) in [6.07, 6.45) is 0.660. The lowest BCUT2D eigenvalue weighted by molar-refractivity contribution is -0.111. The highest BCUT2D eigenvalue weighted by atomic mass is 16.5. The van der Waals surface area contributed by atoms with Crippen molar-refractivity contribution in [2.24, 2.45) is 5.92 Å². The van der Waals surface area contributed by atoms with Gasteiger partial charge in [-0.3, -0.25) is 0 Å². The maximum absolute atomic E-state index is 10.2. The molecule has 1 atom stereocenters. The molecule has 0 aromatic carbocycles. The Kier molecular flexibility index (Phi) is 3.83. The van der Waals surface area contributed by atoms with Crippen LogP contribution in [0.15, 0.2) is 4.52 Å². The van der Waals surface area contributed by atoms with E-state index in [9.17, 15) is 4.79 Å². The van der Waals surface area contributed by atoms with Crippen molar-refractivity contribution in [2.75, 3.05) is 6.61 Å². The molecule has 4 heteroatoms. The number of rotatable bonds is 5. The van der Waals surface area contributed by atoms with Gasteiger partial charge in [0.2, 0.25) is 0 Å². The van der Waals surface area contributed by atoms with Crippen LogP contribution in [0.2, 0.25) is 0 Å². The number of aryl methyl sites for hydroxylation is 2. The van der Waals surface area contributed by atoms with Crippen LogP contribution in [-0.4, -0.2) is 18.0 Å². The maximum Gasteiger partial charge on any atom is 0.139 e. The zero-order valence-electron chi connectivity index (χ0n) is 8.32. The topological polar surface area (TPSA) is 52.3 Å². The van der Waals surface area contributed by atoms with E-state index in [0.29, 0.717) is 12.9 Å². The van der Waals surface area contributed by atoms with E-state index in [1.807, 2.05) is 13.8 Å². The largest absolute Gasteiger partial charge is 0.376 e. The smallest absolute Gasteiger partial charge is 0.139 e. The third-order valence-electron chi connectivity index (χ3n) is 1.91. The summed E-state index contributed by atoms with van der Waals surface area (Å²) in [5.41, 5.74) is 1.73. The second-order valence-corrected chi connectivity index (χ2v) is 3.12. The molecular weight excluding hydrogens is 182 g/mol. The van der Waals surface area contributed by atoms with Gasteiger partial charge < -0.3 is 14.1 Å². The van der Waals surface area contributed by atoms with Crippen molar-refractivity contribution < 1.29 is 14.1 Å². The fourth-order valence-corrected chi connectivity index (χ4v) is 1.04. The number of hydrogen-bond acceptors (Lipinski definition) is 4. The Bertz CT molecular complexity index is 287. The Hall–Kier alpha value is -1.16. The summed E-state index contributed by atoms with van der Waals surface area (Å²) in [5, 5.41) is 3.78. The molecular formula is C10H13NO3. The molecule has 1 heterocycles. The van der Waals surface area contributed by atoms with Gasteiger partial charge in [0.1, 0.15) is 12.0 Å². The van der Waals surface area contributed by atoms with E-state index < -0.39 is 5.92 Å². The van der Waals surface area contributed by atoms with Crippen molar-refractivity contribution in [3.05, 3.63) is 23.9 Å². The lowest BCUT2D eigenvalue weighted by atomic mass is 10.2. The van der Waals surface area contributed by atoms with Gasteiger partial charge >= 0.3 is 0 Å². The SMILES string of the molecule is [CH][C@H](C=O)COCc1c(C)noc1C. The van der Waals surface area contributed by atoms with Crippen LogP contribution in [0.4, 0.5) is 0 Å². The van der Waals surface area contributed by atoms with Crippen LogP contribution < -0.4 is 0 Å². The number of carbonyl (C=O) groups excluding carboxylic acids is 1. The molecule has 0 saturated heterocycles. The van der Waals surface area contributed by atoms with Gasteiger partial charge in [0.05, 0.1) is 18.9 Å². The van der Waals surface area contributed by atoms with Gasteiger partial charge in [-0.2, -0.15) is 0 Å². The van der Waals surface area contributed by atoms with Gasteiger partial charge in [-0.05, 0) is 20.8 Å². The summed E-state index contributed by atoms with van der Waals surface area (Å²) in [7, 11) is 0. The number of ether oxygens (including phenoxy) is 1. The predicted octanol–water partition coefficient (Wildman–Crippen LogP) is 1.33. The standard InChI is InChI=1S/C10H13NO3/c1-7(4-12)5-13-6-10-8(2)11-14-9(10)3/h1,4,7H,5-6H2,2-3H3/t7-/m1/s1. The summed E-state index contributed by atoms with van der Waals surface area (Å²) in [4.78, 5) is 10.2. The minimum absolute atomic E-state index is 0.216. The molecule has 0 bridgehead atoms. The molecule has 76 valence electrons. The summed E-state index contributed by atoms with van der Waals surface area (Å²) in [6, 6.07) is 0. The average Bonchev–Trinajstić information content (AvgIpc) is 2.48. The van der Waals surface area contributed by atoms with Crippen LogP contribution in [-0.2, 0) is 16.1 Å². The molecule has 0 N–H and O–H groups in total. The second-order valence-electron chi connectivity index (χ2n) is 3.12. The Morgan fingerprint density at radius 2 is 2.36 bits per heavy atom. The van der Waals surface area contributed by atoms with Crippen LogP contribution in [0.3, 0.4) is 0 Å². The zero-order chi connectivity index (χ0) is 10.6. The monoisotopic (exact) mass is 195 g/mol. The van der Waals surface area contributed by atoms with Crippen molar-refractivity contribution in [3.8, 4) is 0 Å². The molecule has 0 unspecified atom stereocenters. The second kappa shape index (κ2) is 4.91. The van der Waals surface area contributed by atoms with Crippen molar-refractivity contribution in [2.45, 2.75) is 20.5 Å². The molecule has 4 nitrogen and oxygen atoms in total. The minimum atomic E-state index is -0.560. The first-order chi connectivity index (χ1) is 6.65. The first-order valence-electron chi connectivity index (χ1n) is 4.35. The Morgan fingerprint density at radius 3 is 2.86 bits per heavy atom. The van der Waals surface area contributed by atoms with Gasteiger partial charge in [0.15, 0.2) is 0 Å². The average molecular weight is 195 g/mol.